The van der Waals surface area contributed by atoms with Gasteiger partial charge in [0.15, 0.2) is 56.6 Å². The Hall–Kier alpha value is -4.25. The van der Waals surface area contributed by atoms with Gasteiger partial charge in [0, 0.05) is 34.6 Å². The quantitative estimate of drug-likeness (QED) is 0.0331. The van der Waals surface area contributed by atoms with Crippen LogP contribution >= 0.6 is 0 Å². The normalized spacial score (nSPS) is 48.2. The first-order valence-corrected chi connectivity index (χ1v) is 36.5. The van der Waals surface area contributed by atoms with Crippen LogP contribution < -0.4 is 26.6 Å². The van der Waals surface area contributed by atoms with Gasteiger partial charge < -0.3 is 225 Å². The van der Waals surface area contributed by atoms with Crippen LogP contribution in [0.5, 0.6) is 0 Å². The van der Waals surface area contributed by atoms with E-state index in [1.807, 2.05) is 0 Å². The molecule has 28 N–H and O–H groups in total. The van der Waals surface area contributed by atoms with Gasteiger partial charge in [-0.25, -0.2) is 0 Å². The number of ether oxygens (including phenoxy) is 17. The Morgan fingerprint density at radius 2 is 0.553 bits per heavy atom. The van der Waals surface area contributed by atoms with E-state index in [2.05, 4.69) is 26.6 Å². The summed E-state index contributed by atoms with van der Waals surface area (Å²) in [4.78, 5) is 63.5. The van der Waals surface area contributed by atoms with Crippen molar-refractivity contribution < 1.29 is 222 Å². The Morgan fingerprint density at radius 3 is 0.982 bits per heavy atom. The lowest BCUT2D eigenvalue weighted by molar-refractivity contribution is -0.398. The van der Waals surface area contributed by atoms with Gasteiger partial charge in [-0.05, 0) is 6.92 Å². The van der Waals surface area contributed by atoms with Gasteiger partial charge >= 0.3 is 0 Å². The Balaban J connectivity index is 1.09. The molecule has 0 aromatic rings. The van der Waals surface area contributed by atoms with Crippen LogP contribution in [-0.2, 0) is 104 Å². The van der Waals surface area contributed by atoms with Crippen molar-refractivity contribution in [1.82, 2.24) is 26.6 Å². The molecule has 0 radical (unpaired) electrons. The van der Waals surface area contributed by atoms with Crippen molar-refractivity contribution in [3.63, 3.8) is 0 Å². The zero-order valence-electron chi connectivity index (χ0n) is 61.9. The van der Waals surface area contributed by atoms with Crippen LogP contribution in [0.15, 0.2) is 0 Å². The van der Waals surface area contributed by atoms with Crippen LogP contribution in [0.3, 0.4) is 0 Å². The number of amides is 5. The van der Waals surface area contributed by atoms with E-state index in [1.54, 1.807) is 0 Å². The van der Waals surface area contributed by atoms with Crippen LogP contribution in [-0.4, -0.2) is 476 Å². The lowest BCUT2D eigenvalue weighted by Crippen LogP contribution is -2.71. The first kappa shape index (κ1) is 93.6. The molecule has 0 saturated carbocycles. The molecule has 5 amide bonds. The van der Waals surface area contributed by atoms with Gasteiger partial charge in [0.25, 0.3) is 0 Å². The first-order valence-electron chi connectivity index (χ1n) is 36.5. The van der Waals surface area contributed by atoms with E-state index in [0.29, 0.717) is 0 Å². The largest absolute Gasteiger partial charge is 0.394 e. The van der Waals surface area contributed by atoms with Gasteiger partial charge in [-0.3, -0.25) is 24.0 Å². The average molecular weight is 1670 g/mol. The zero-order valence-corrected chi connectivity index (χ0v) is 61.9. The highest BCUT2D eigenvalue weighted by Crippen LogP contribution is 2.40. The van der Waals surface area contributed by atoms with Gasteiger partial charge in [0.2, 0.25) is 29.5 Å². The van der Waals surface area contributed by atoms with E-state index < -0.39 is 358 Å². The number of rotatable bonds is 29. The van der Waals surface area contributed by atoms with Crippen LogP contribution in [0, 0.1) is 0 Å². The molecule has 50 nitrogen and oxygen atoms in total. The average Bonchev–Trinajstić information content (AvgIpc) is 0.769. The predicted molar refractivity (Wildman–Crippen MR) is 354 cm³/mol. The zero-order chi connectivity index (χ0) is 84.1. The standard InChI is InChI=1S/C64H107N5O45/c1-15-34(81)45(92)47(94)61(100-15)98-14-28-52(43(90)29(56(97)101-28)65-16(2)76)110-60-33(69-20(6)80)44(91)50(25(11-74)106-60)111-62-49(96)53(112-64-54(46(93)38(85)24(10-73)105-64)113-58-31(67-18(4)78)41(88)36(83)22(8-71)103-58)39(86)27(108-62)13-99-63-55(114-59-32(68-19(5)79)42(89)37(84)23(9-72)104-59)48(95)51(26(12-75)107-63)109-57-30(66-17(3)77)40(87)35(82)21(7-70)102-57/h15,21-64,70-75,81-97H,7-14H2,1-6H3,(H,65,76)(H,66,77)(H,67,78)(H,68,79)(H,69,80)/t15-,21+,22+,23+,24+,25+,26+,27+,28+,29+,30+,31+,32+,33+,34+,35+,36+,37+,38+,39+,40+,41+,42+,43+,44+,45+,46-,47-,48-,49-,50+,51+,52+,53-,54-,55-,56+,57-,58-,59-,60-,61+,62-,63-,64+/m0/s1. The minimum absolute atomic E-state index is 0.833. The fourth-order valence-corrected chi connectivity index (χ4v) is 14.7. The molecule has 9 fully saturated rings. The second-order valence-electron chi connectivity index (χ2n) is 28.9. The van der Waals surface area contributed by atoms with E-state index in [1.165, 1.54) is 6.92 Å². The van der Waals surface area contributed by atoms with E-state index in [4.69, 9.17) is 80.5 Å². The van der Waals surface area contributed by atoms with E-state index in [0.717, 1.165) is 34.6 Å². The van der Waals surface area contributed by atoms with E-state index >= 15 is 0 Å². The highest BCUT2D eigenvalue weighted by Gasteiger charge is 2.61. The molecule has 0 spiro atoms. The van der Waals surface area contributed by atoms with Crippen LogP contribution in [0.1, 0.15) is 41.5 Å². The fourth-order valence-electron chi connectivity index (χ4n) is 14.7. The predicted octanol–water partition coefficient (Wildman–Crippen LogP) is -18.9. The summed E-state index contributed by atoms with van der Waals surface area (Å²) in [7, 11) is 0. The molecule has 114 heavy (non-hydrogen) atoms. The van der Waals surface area contributed by atoms with Crippen molar-refractivity contribution in [2.24, 2.45) is 0 Å². The number of carbonyl (C=O) groups is 5. The van der Waals surface area contributed by atoms with Crippen LogP contribution in [0.4, 0.5) is 0 Å². The molecular weight excluding hydrogens is 1560 g/mol. The van der Waals surface area contributed by atoms with E-state index in [9.17, 15) is 141 Å². The summed E-state index contributed by atoms with van der Waals surface area (Å²) in [6, 6.07) is -9.13. The molecule has 9 aliphatic rings. The molecule has 45 atom stereocenters. The van der Waals surface area contributed by atoms with Gasteiger partial charge in [0.05, 0.1) is 59.0 Å². The third kappa shape index (κ3) is 21.0. The Morgan fingerprint density at radius 1 is 0.246 bits per heavy atom. The van der Waals surface area contributed by atoms with Gasteiger partial charge in [-0.1, -0.05) is 0 Å². The molecule has 0 bridgehead atoms. The molecule has 9 saturated heterocycles. The summed E-state index contributed by atoms with van der Waals surface area (Å²) in [6.45, 7) is -2.55. The van der Waals surface area contributed by atoms with Crippen molar-refractivity contribution in [3.8, 4) is 0 Å². The van der Waals surface area contributed by atoms with Crippen LogP contribution in [0.2, 0.25) is 0 Å². The molecular formula is C64H107N5O45. The number of carbonyl (C=O) groups excluding carboxylic acids is 5. The molecule has 0 aromatic carbocycles. The number of nitrogens with one attached hydrogen (secondary N) is 5. The Bertz CT molecular complexity index is 3080. The summed E-state index contributed by atoms with van der Waals surface area (Å²) in [5.74, 6) is -4.43. The third-order valence-electron chi connectivity index (χ3n) is 20.7. The minimum Gasteiger partial charge on any atom is -0.394 e. The molecule has 9 rings (SSSR count). The summed E-state index contributed by atoms with van der Waals surface area (Å²) < 4.78 is 102. The second-order valence-corrected chi connectivity index (χ2v) is 28.9. The number of hydrogen-bond donors (Lipinski definition) is 28. The van der Waals surface area contributed by atoms with Crippen molar-refractivity contribution in [2.45, 2.75) is 318 Å². The third-order valence-corrected chi connectivity index (χ3v) is 20.7. The number of aliphatic hydroxyl groups is 23. The molecule has 50 heteroatoms. The number of hydrogen-bond acceptors (Lipinski definition) is 45. The van der Waals surface area contributed by atoms with Crippen molar-refractivity contribution in [1.29, 1.82) is 0 Å². The van der Waals surface area contributed by atoms with E-state index in [-0.39, 0.29) is 0 Å². The Kier molecular flexibility index (Phi) is 33.6. The maximum absolute atomic E-state index is 13.2. The molecule has 0 unspecified atom stereocenters. The lowest BCUT2D eigenvalue weighted by atomic mass is 9.93. The van der Waals surface area contributed by atoms with Gasteiger partial charge in [-0.2, -0.15) is 0 Å². The van der Waals surface area contributed by atoms with Crippen molar-refractivity contribution >= 4 is 29.5 Å². The smallest absolute Gasteiger partial charge is 0.217 e. The van der Waals surface area contributed by atoms with Crippen molar-refractivity contribution in [2.75, 3.05) is 52.9 Å². The second kappa shape index (κ2) is 40.9. The van der Waals surface area contributed by atoms with Crippen molar-refractivity contribution in [3.05, 3.63) is 0 Å². The monoisotopic (exact) mass is 1670 g/mol. The first-order chi connectivity index (χ1) is 53.8. The number of aliphatic hydroxyl groups excluding tert-OH is 23. The highest BCUT2D eigenvalue weighted by molar-refractivity contribution is 5.75. The maximum atomic E-state index is 13.2. The summed E-state index contributed by atoms with van der Waals surface area (Å²) in [5.41, 5.74) is 0. The van der Waals surface area contributed by atoms with Gasteiger partial charge in [-0.15, -0.1) is 0 Å². The van der Waals surface area contributed by atoms with Crippen LogP contribution in [0.25, 0.3) is 0 Å². The molecule has 658 valence electrons. The topological polar surface area (TPSA) is 768 Å². The fraction of sp³-hybridized carbons (Fsp3) is 0.922. The molecule has 9 aliphatic heterocycles. The molecule has 0 aromatic heterocycles. The summed E-state index contributed by atoms with van der Waals surface area (Å²) in [5, 5.41) is 270. The SMILES string of the molecule is CC(=O)N[C@@H]1[C@@H](O)[C@H](O[C@@H]2O[C@H](CO)[C@@H](O[C@@H]3O[C@H](CO[C@H]4O[C@H](CO)[C@@H](O[C@@H]5O[C@H](CO)[C@@H](O)[C@H](O)[C@H]5NC(C)=O)[C@H](O)[C@@H]4O[C@@H]4O[C@H](CO)[C@@H](O)[C@H](O)[C@H]4NC(C)=O)[C@@H](O)[C@H](O[C@H]4O[C@H](CO)[C@@H](O)[C@H](O)[C@@H]4O[C@@H]4O[C@H](CO)[C@@H](O)[C@H](O)[C@H]4NC(C)=O)[C@@H]3O)[C@H](O)[C@H]2NC(C)=O)[C@@H](CO[C@@H]2O[C@@H](C)[C@@H](O)[C@@H](O)[C@@H]2O)O[C@H]1O. The highest BCUT2D eigenvalue weighted by atomic mass is 16.8. The molecule has 9 heterocycles. The lowest BCUT2D eigenvalue weighted by Gasteiger charge is -2.51. The summed E-state index contributed by atoms with van der Waals surface area (Å²) >= 11 is 0. The van der Waals surface area contributed by atoms with Gasteiger partial charge in [0.1, 0.15) is 213 Å². The molecule has 0 aliphatic carbocycles. The minimum atomic E-state index is -2.58. The summed E-state index contributed by atoms with van der Waals surface area (Å²) in [6.07, 6.45) is -81.9. The maximum Gasteiger partial charge on any atom is 0.217 e. The Labute approximate surface area is 646 Å².